The van der Waals surface area contributed by atoms with Gasteiger partial charge in [-0.1, -0.05) is 18.2 Å². The maximum Gasteiger partial charge on any atom is 0.274 e. The summed E-state index contributed by atoms with van der Waals surface area (Å²) >= 11 is 0. The van der Waals surface area contributed by atoms with Crippen molar-refractivity contribution in [3.8, 4) is 5.69 Å². The summed E-state index contributed by atoms with van der Waals surface area (Å²) in [5.74, 6) is -0.144. The molecule has 0 saturated carbocycles. The Balaban J connectivity index is 1.37. The van der Waals surface area contributed by atoms with Crippen molar-refractivity contribution in [3.05, 3.63) is 59.4 Å². The first kappa shape index (κ1) is 19.4. The molecule has 2 aromatic rings. The lowest BCUT2D eigenvalue weighted by atomic mass is 10.2. The van der Waals surface area contributed by atoms with Crippen LogP contribution in [0.4, 0.5) is 0 Å². The van der Waals surface area contributed by atoms with Crippen molar-refractivity contribution in [3.63, 3.8) is 0 Å². The second-order valence-corrected chi connectivity index (χ2v) is 7.95. The largest absolute Gasteiger partial charge is 0.348 e. The van der Waals surface area contributed by atoms with Crippen LogP contribution in [0.1, 0.15) is 29.0 Å². The van der Waals surface area contributed by atoms with Crippen molar-refractivity contribution in [1.29, 1.82) is 0 Å². The van der Waals surface area contributed by atoms with Crippen molar-refractivity contribution >= 4 is 11.8 Å². The summed E-state index contributed by atoms with van der Waals surface area (Å²) in [5, 5.41) is 7.56. The normalized spacial score (nSPS) is 21.1. The number of nitrogens with one attached hydrogen (secondary N) is 1. The fourth-order valence-electron chi connectivity index (χ4n) is 4.02. The molecule has 1 aromatic heterocycles. The van der Waals surface area contributed by atoms with Gasteiger partial charge in [-0.25, -0.2) is 4.68 Å². The third-order valence-corrected chi connectivity index (χ3v) is 5.55. The first-order chi connectivity index (χ1) is 14.0. The fraction of sp³-hybridized carbons (Fsp3) is 0.409. The Labute approximate surface area is 171 Å². The number of likely N-dealkylation sites (N-methyl/N-ethyl adjacent to an activating group) is 1. The number of aryl methyl sites for hydroxylation is 1. The summed E-state index contributed by atoms with van der Waals surface area (Å²) < 4.78 is 1.79. The molecule has 0 unspecified atom stereocenters. The number of aromatic nitrogens is 2. The minimum Gasteiger partial charge on any atom is -0.348 e. The number of hydrogen-bond donors (Lipinski definition) is 1. The number of likely N-dealkylation sites (tertiary alicyclic amines) is 2. The fourth-order valence-corrected chi connectivity index (χ4v) is 4.02. The number of carbonyl (C=O) groups excluding carboxylic acids is 2. The van der Waals surface area contributed by atoms with Crippen LogP contribution in [0.15, 0.2) is 48.0 Å². The highest BCUT2D eigenvalue weighted by Gasteiger charge is 2.29. The summed E-state index contributed by atoms with van der Waals surface area (Å²) in [6.07, 6.45) is 3.43. The average Bonchev–Trinajstić information content (AvgIpc) is 3.42. The summed E-state index contributed by atoms with van der Waals surface area (Å²) in [6, 6.07) is 11.6. The molecular formula is C22H27N5O2. The molecule has 0 bridgehead atoms. The molecule has 2 saturated heterocycles. The predicted molar refractivity (Wildman–Crippen MR) is 111 cm³/mol. The van der Waals surface area contributed by atoms with Gasteiger partial charge >= 0.3 is 0 Å². The van der Waals surface area contributed by atoms with E-state index in [4.69, 9.17) is 0 Å². The van der Waals surface area contributed by atoms with Crippen molar-refractivity contribution in [2.24, 2.45) is 0 Å². The van der Waals surface area contributed by atoms with Crippen LogP contribution in [0.25, 0.3) is 5.69 Å². The number of benzene rings is 1. The average molecular weight is 393 g/mol. The predicted octanol–water partition coefficient (Wildman–Crippen LogP) is 1.77. The zero-order valence-corrected chi connectivity index (χ0v) is 17.0. The Bertz CT molecular complexity index is 934. The van der Waals surface area contributed by atoms with Gasteiger partial charge in [0, 0.05) is 44.0 Å². The Morgan fingerprint density at radius 2 is 2.00 bits per heavy atom. The van der Waals surface area contributed by atoms with Crippen LogP contribution in [-0.4, -0.2) is 70.7 Å². The van der Waals surface area contributed by atoms with Gasteiger partial charge in [0.25, 0.3) is 5.91 Å². The van der Waals surface area contributed by atoms with E-state index < -0.39 is 0 Å². The van der Waals surface area contributed by atoms with Crippen LogP contribution in [-0.2, 0) is 4.79 Å². The smallest absolute Gasteiger partial charge is 0.274 e. The van der Waals surface area contributed by atoms with Gasteiger partial charge in [-0.05, 0) is 50.6 Å². The third-order valence-electron chi connectivity index (χ3n) is 5.55. The van der Waals surface area contributed by atoms with Gasteiger partial charge in [0.05, 0.1) is 5.69 Å². The maximum absolute atomic E-state index is 12.9. The van der Waals surface area contributed by atoms with Crippen LogP contribution in [0.5, 0.6) is 0 Å². The molecule has 1 atom stereocenters. The number of hydrogen-bond acceptors (Lipinski definition) is 4. The van der Waals surface area contributed by atoms with Crippen molar-refractivity contribution in [2.45, 2.75) is 25.8 Å². The molecule has 2 amide bonds. The van der Waals surface area contributed by atoms with E-state index >= 15 is 0 Å². The summed E-state index contributed by atoms with van der Waals surface area (Å²) in [5.41, 5.74) is 3.45. The SMILES string of the molecule is Cc1cc(C(=O)N2CC[C@H](NC(=O)/C=C3\CCN(C)C3)C2)nn1-c1ccccc1. The van der Waals surface area contributed by atoms with E-state index in [1.807, 2.05) is 43.3 Å². The van der Waals surface area contributed by atoms with Gasteiger partial charge in [0.2, 0.25) is 5.91 Å². The van der Waals surface area contributed by atoms with Crippen LogP contribution in [0, 0.1) is 6.92 Å². The second kappa shape index (κ2) is 8.21. The van der Waals surface area contributed by atoms with Crippen LogP contribution < -0.4 is 5.32 Å². The number of rotatable bonds is 4. The Hall–Kier alpha value is -2.93. The summed E-state index contributed by atoms with van der Waals surface area (Å²) in [7, 11) is 2.06. The van der Waals surface area contributed by atoms with Gasteiger partial charge in [-0.15, -0.1) is 0 Å². The molecule has 7 nitrogen and oxygen atoms in total. The lowest BCUT2D eigenvalue weighted by Gasteiger charge is -2.15. The van der Waals surface area contributed by atoms with E-state index in [0.29, 0.717) is 18.8 Å². The van der Waals surface area contributed by atoms with Crippen molar-refractivity contribution < 1.29 is 9.59 Å². The number of amides is 2. The number of nitrogens with zero attached hydrogens (tertiary/aromatic N) is 4. The number of para-hydroxylation sites is 1. The van der Waals surface area contributed by atoms with E-state index in [0.717, 1.165) is 42.9 Å². The first-order valence-electron chi connectivity index (χ1n) is 10.1. The maximum atomic E-state index is 12.9. The molecule has 7 heteroatoms. The molecule has 0 radical (unpaired) electrons. The minimum atomic E-state index is -0.0877. The molecule has 29 heavy (non-hydrogen) atoms. The van der Waals surface area contributed by atoms with Crippen LogP contribution >= 0.6 is 0 Å². The van der Waals surface area contributed by atoms with Crippen LogP contribution in [0.3, 0.4) is 0 Å². The van der Waals surface area contributed by atoms with Gasteiger partial charge in [0.15, 0.2) is 5.69 Å². The Kier molecular flexibility index (Phi) is 5.49. The van der Waals surface area contributed by atoms with Crippen LogP contribution in [0.2, 0.25) is 0 Å². The minimum absolute atomic E-state index is 0.0141. The number of carbonyl (C=O) groups is 2. The topological polar surface area (TPSA) is 70.5 Å². The monoisotopic (exact) mass is 393 g/mol. The highest BCUT2D eigenvalue weighted by atomic mass is 16.2. The van der Waals surface area contributed by atoms with Gasteiger partial charge < -0.3 is 15.1 Å². The van der Waals surface area contributed by atoms with E-state index in [1.54, 1.807) is 15.7 Å². The second-order valence-electron chi connectivity index (χ2n) is 7.95. The molecule has 152 valence electrons. The molecule has 1 N–H and O–H groups in total. The van der Waals surface area contributed by atoms with E-state index in [-0.39, 0.29) is 17.9 Å². The first-order valence-corrected chi connectivity index (χ1v) is 10.1. The molecule has 2 aliphatic rings. The molecule has 3 heterocycles. The lowest BCUT2D eigenvalue weighted by Crippen LogP contribution is -2.38. The Morgan fingerprint density at radius 3 is 2.72 bits per heavy atom. The molecule has 0 aliphatic carbocycles. The summed E-state index contributed by atoms with van der Waals surface area (Å²) in [6.45, 7) is 4.94. The van der Waals surface area contributed by atoms with Gasteiger partial charge in [-0.3, -0.25) is 9.59 Å². The van der Waals surface area contributed by atoms with E-state index in [9.17, 15) is 9.59 Å². The highest BCUT2D eigenvalue weighted by Crippen LogP contribution is 2.17. The molecule has 2 fully saturated rings. The highest BCUT2D eigenvalue weighted by molar-refractivity contribution is 5.93. The van der Waals surface area contributed by atoms with Gasteiger partial charge in [0.1, 0.15) is 0 Å². The quantitative estimate of drug-likeness (QED) is 0.804. The Morgan fingerprint density at radius 1 is 1.21 bits per heavy atom. The molecule has 2 aliphatic heterocycles. The molecule has 4 rings (SSSR count). The lowest BCUT2D eigenvalue weighted by molar-refractivity contribution is -0.117. The molecule has 0 spiro atoms. The van der Waals surface area contributed by atoms with Crippen molar-refractivity contribution in [2.75, 3.05) is 33.2 Å². The zero-order valence-electron chi connectivity index (χ0n) is 17.0. The standard InChI is InChI=1S/C22H27N5O2/c1-16-12-20(24-27(16)19-6-4-3-5-7-19)22(29)26-11-9-18(15-26)23-21(28)13-17-8-10-25(2)14-17/h3-7,12-13,18H,8-11,14-15H2,1-2H3,(H,23,28)/b17-13+/t18-/m0/s1. The third kappa shape index (κ3) is 4.40. The van der Waals surface area contributed by atoms with Crippen molar-refractivity contribution in [1.82, 2.24) is 24.9 Å². The molecule has 1 aromatic carbocycles. The van der Waals surface area contributed by atoms with Gasteiger partial charge in [-0.2, -0.15) is 5.10 Å². The summed E-state index contributed by atoms with van der Waals surface area (Å²) in [4.78, 5) is 29.2. The van der Waals surface area contributed by atoms with E-state index in [1.165, 1.54) is 0 Å². The zero-order chi connectivity index (χ0) is 20.4. The molecular weight excluding hydrogens is 366 g/mol. The van der Waals surface area contributed by atoms with E-state index in [2.05, 4.69) is 22.4 Å².